The van der Waals surface area contributed by atoms with Crippen molar-refractivity contribution in [3.8, 4) is 0 Å². The largest absolute Gasteiger partial charge is 0.465 e. The molecule has 3 heteroatoms. The van der Waals surface area contributed by atoms with Gasteiger partial charge in [0, 0.05) is 0 Å². The van der Waals surface area contributed by atoms with Gasteiger partial charge in [0.05, 0.1) is 12.7 Å². The number of ether oxygens (including phenoxy) is 1. The van der Waals surface area contributed by atoms with E-state index in [1.54, 1.807) is 6.92 Å². The molecular formula is C18H18O3. The van der Waals surface area contributed by atoms with Gasteiger partial charge in [0.2, 0.25) is 0 Å². The lowest BCUT2D eigenvalue weighted by Crippen LogP contribution is -2.20. The van der Waals surface area contributed by atoms with E-state index in [1.165, 1.54) is 13.2 Å². The van der Waals surface area contributed by atoms with Gasteiger partial charge in [0.1, 0.15) is 5.60 Å². The van der Waals surface area contributed by atoms with Crippen LogP contribution in [0.2, 0.25) is 0 Å². The SMILES string of the molecule is COC(=O)/C(=C/C(C)(O)c1ccccc1)c1ccccc1. The summed E-state index contributed by atoms with van der Waals surface area (Å²) >= 11 is 0. The molecule has 0 saturated carbocycles. The lowest BCUT2D eigenvalue weighted by atomic mass is 9.91. The molecule has 1 unspecified atom stereocenters. The van der Waals surface area contributed by atoms with Crippen LogP contribution in [0.15, 0.2) is 66.7 Å². The van der Waals surface area contributed by atoms with E-state index < -0.39 is 11.6 Å². The van der Waals surface area contributed by atoms with Crippen LogP contribution in [0.1, 0.15) is 18.1 Å². The molecule has 2 rings (SSSR count). The van der Waals surface area contributed by atoms with Crippen molar-refractivity contribution < 1.29 is 14.6 Å². The van der Waals surface area contributed by atoms with Crippen LogP contribution in [-0.2, 0) is 15.1 Å². The smallest absolute Gasteiger partial charge is 0.338 e. The Morgan fingerprint density at radius 3 is 2.10 bits per heavy atom. The number of benzene rings is 2. The van der Waals surface area contributed by atoms with Gasteiger partial charge in [-0.1, -0.05) is 60.7 Å². The van der Waals surface area contributed by atoms with Crippen LogP contribution < -0.4 is 0 Å². The highest BCUT2D eigenvalue weighted by Gasteiger charge is 2.24. The molecule has 108 valence electrons. The molecule has 0 aliphatic heterocycles. The van der Waals surface area contributed by atoms with Crippen LogP contribution in [0, 0.1) is 0 Å². The minimum absolute atomic E-state index is 0.340. The number of aliphatic hydroxyl groups is 1. The van der Waals surface area contributed by atoms with E-state index in [2.05, 4.69) is 0 Å². The standard InChI is InChI=1S/C18H18O3/c1-18(20,15-11-7-4-8-12-15)13-16(17(19)21-2)14-9-5-3-6-10-14/h3-13,20H,1-2H3/b16-13+. The third-order valence-electron chi connectivity index (χ3n) is 3.27. The number of hydrogen-bond acceptors (Lipinski definition) is 3. The summed E-state index contributed by atoms with van der Waals surface area (Å²) < 4.78 is 4.83. The van der Waals surface area contributed by atoms with E-state index in [4.69, 9.17) is 4.74 Å². The first-order valence-electron chi connectivity index (χ1n) is 6.69. The molecule has 0 aromatic heterocycles. The number of esters is 1. The van der Waals surface area contributed by atoms with Crippen LogP contribution in [-0.4, -0.2) is 18.2 Å². The lowest BCUT2D eigenvalue weighted by molar-refractivity contribution is -0.133. The van der Waals surface area contributed by atoms with Crippen molar-refractivity contribution in [2.75, 3.05) is 7.11 Å². The van der Waals surface area contributed by atoms with E-state index >= 15 is 0 Å². The second kappa shape index (κ2) is 6.37. The van der Waals surface area contributed by atoms with Crippen molar-refractivity contribution in [1.82, 2.24) is 0 Å². The van der Waals surface area contributed by atoms with Crippen LogP contribution in [0.5, 0.6) is 0 Å². The van der Waals surface area contributed by atoms with Gasteiger partial charge in [-0.25, -0.2) is 4.79 Å². The summed E-state index contributed by atoms with van der Waals surface area (Å²) in [7, 11) is 1.33. The van der Waals surface area contributed by atoms with Crippen LogP contribution in [0.25, 0.3) is 5.57 Å². The molecule has 0 spiro atoms. The van der Waals surface area contributed by atoms with Gasteiger partial charge in [-0.05, 0) is 24.1 Å². The number of hydrogen-bond donors (Lipinski definition) is 1. The van der Waals surface area contributed by atoms with Crippen molar-refractivity contribution in [2.24, 2.45) is 0 Å². The van der Waals surface area contributed by atoms with Gasteiger partial charge in [-0.3, -0.25) is 0 Å². The first kappa shape index (κ1) is 15.0. The Kier molecular flexibility index (Phi) is 4.55. The molecular weight excluding hydrogens is 264 g/mol. The maximum absolute atomic E-state index is 12.0. The summed E-state index contributed by atoms with van der Waals surface area (Å²) in [6.45, 7) is 1.65. The molecule has 0 fully saturated rings. The summed E-state index contributed by atoms with van der Waals surface area (Å²) in [6.07, 6.45) is 1.53. The van der Waals surface area contributed by atoms with E-state index in [0.717, 1.165) is 0 Å². The molecule has 0 saturated heterocycles. The Labute approximate surface area is 124 Å². The normalized spacial score (nSPS) is 14.3. The average molecular weight is 282 g/mol. The molecule has 1 N–H and O–H groups in total. The highest BCUT2D eigenvalue weighted by molar-refractivity contribution is 6.16. The number of rotatable bonds is 4. The Bertz CT molecular complexity index is 628. The van der Waals surface area contributed by atoms with E-state index in [1.807, 2.05) is 60.7 Å². The Morgan fingerprint density at radius 1 is 1.05 bits per heavy atom. The van der Waals surface area contributed by atoms with Crippen molar-refractivity contribution in [2.45, 2.75) is 12.5 Å². The Morgan fingerprint density at radius 2 is 1.57 bits per heavy atom. The maximum Gasteiger partial charge on any atom is 0.338 e. The van der Waals surface area contributed by atoms with Crippen LogP contribution in [0.3, 0.4) is 0 Å². The molecule has 3 nitrogen and oxygen atoms in total. The van der Waals surface area contributed by atoms with Gasteiger partial charge in [0.15, 0.2) is 0 Å². The van der Waals surface area contributed by atoms with Crippen molar-refractivity contribution in [3.05, 3.63) is 77.9 Å². The second-order valence-corrected chi connectivity index (χ2v) is 4.93. The van der Waals surface area contributed by atoms with Crippen LogP contribution in [0.4, 0.5) is 0 Å². The quantitative estimate of drug-likeness (QED) is 0.692. The molecule has 0 bridgehead atoms. The number of carbonyl (C=O) groups is 1. The van der Waals surface area contributed by atoms with Gasteiger partial charge in [-0.15, -0.1) is 0 Å². The first-order valence-corrected chi connectivity index (χ1v) is 6.69. The lowest BCUT2D eigenvalue weighted by Gasteiger charge is -2.21. The zero-order chi connectivity index (χ0) is 15.3. The summed E-state index contributed by atoms with van der Waals surface area (Å²) in [5, 5.41) is 10.7. The van der Waals surface area contributed by atoms with Crippen molar-refractivity contribution in [1.29, 1.82) is 0 Å². The highest BCUT2D eigenvalue weighted by Crippen LogP contribution is 2.27. The molecule has 0 heterocycles. The van der Waals surface area contributed by atoms with E-state index in [-0.39, 0.29) is 0 Å². The summed E-state index contributed by atoms with van der Waals surface area (Å²) in [4.78, 5) is 12.0. The third kappa shape index (κ3) is 3.58. The fraction of sp³-hybridized carbons (Fsp3) is 0.167. The molecule has 0 aliphatic rings. The molecule has 1 atom stereocenters. The van der Waals surface area contributed by atoms with Crippen LogP contribution >= 0.6 is 0 Å². The molecule has 0 radical (unpaired) electrons. The Hall–Kier alpha value is -2.39. The van der Waals surface area contributed by atoms with Crippen molar-refractivity contribution >= 4 is 11.5 Å². The van der Waals surface area contributed by atoms with E-state index in [9.17, 15) is 9.90 Å². The molecule has 0 aliphatic carbocycles. The molecule has 2 aromatic rings. The molecule has 21 heavy (non-hydrogen) atoms. The summed E-state index contributed by atoms with van der Waals surface area (Å²) in [6, 6.07) is 18.4. The molecule has 2 aromatic carbocycles. The minimum Gasteiger partial charge on any atom is -0.465 e. The van der Waals surface area contributed by atoms with Crippen molar-refractivity contribution in [3.63, 3.8) is 0 Å². The van der Waals surface area contributed by atoms with Gasteiger partial charge in [-0.2, -0.15) is 0 Å². The first-order chi connectivity index (χ1) is 10.0. The number of methoxy groups -OCH3 is 1. The van der Waals surface area contributed by atoms with Gasteiger partial charge < -0.3 is 9.84 Å². The summed E-state index contributed by atoms with van der Waals surface area (Å²) in [5.74, 6) is -0.475. The molecule has 0 amide bonds. The monoisotopic (exact) mass is 282 g/mol. The highest BCUT2D eigenvalue weighted by atomic mass is 16.5. The predicted molar refractivity (Wildman–Crippen MR) is 82.4 cm³/mol. The zero-order valence-electron chi connectivity index (χ0n) is 12.1. The predicted octanol–water partition coefficient (Wildman–Crippen LogP) is 3.15. The van der Waals surface area contributed by atoms with E-state index in [0.29, 0.717) is 16.7 Å². The average Bonchev–Trinajstić information content (AvgIpc) is 2.53. The summed E-state index contributed by atoms with van der Waals surface area (Å²) in [5.41, 5.74) is 0.496. The second-order valence-electron chi connectivity index (χ2n) is 4.93. The maximum atomic E-state index is 12.0. The fourth-order valence-corrected chi connectivity index (χ4v) is 2.13. The fourth-order valence-electron chi connectivity index (χ4n) is 2.13. The van der Waals surface area contributed by atoms with Gasteiger partial charge in [0.25, 0.3) is 0 Å². The topological polar surface area (TPSA) is 46.5 Å². The third-order valence-corrected chi connectivity index (χ3v) is 3.27. The Balaban J connectivity index is 2.48. The minimum atomic E-state index is -1.26. The zero-order valence-corrected chi connectivity index (χ0v) is 12.1. The van der Waals surface area contributed by atoms with Gasteiger partial charge >= 0.3 is 5.97 Å². The number of carbonyl (C=O) groups excluding carboxylic acids is 1.